The second-order valence-electron chi connectivity index (χ2n) is 7.36. The third-order valence-corrected chi connectivity index (χ3v) is 7.50. The van der Waals surface area contributed by atoms with Crippen LogP contribution in [0.3, 0.4) is 0 Å². The maximum atomic E-state index is 3.55. The van der Waals surface area contributed by atoms with E-state index in [4.69, 9.17) is 0 Å². The molecule has 0 atom stereocenters. The highest BCUT2D eigenvalue weighted by Crippen LogP contribution is 2.20. The molecule has 0 saturated carbocycles. The van der Waals surface area contributed by atoms with Gasteiger partial charge in [-0.2, -0.15) is 0 Å². The molecule has 2 N–H and O–H groups in total. The molecule has 0 amide bonds. The van der Waals surface area contributed by atoms with Gasteiger partial charge in [0, 0.05) is 37.7 Å². The molecule has 0 aliphatic rings. The first kappa shape index (κ1) is 21.3. The van der Waals surface area contributed by atoms with E-state index in [-0.39, 0.29) is 0 Å². The van der Waals surface area contributed by atoms with E-state index in [0.29, 0.717) is 0 Å². The number of hydrogen-bond acceptors (Lipinski definition) is 4. The maximum Gasteiger partial charge on any atom is 0.0206 e. The summed E-state index contributed by atoms with van der Waals surface area (Å²) in [6, 6.07) is 30.5. The molecule has 0 radical (unpaired) electrons. The van der Waals surface area contributed by atoms with Gasteiger partial charge in [-0.3, -0.25) is 0 Å². The molecule has 0 aromatic heterocycles. The van der Waals surface area contributed by atoms with Crippen molar-refractivity contribution in [2.45, 2.75) is 13.1 Å². The molecule has 0 aliphatic heterocycles. The fraction of sp³-hybridized carbons (Fsp3) is 0.231. The van der Waals surface area contributed by atoms with Crippen LogP contribution < -0.4 is 10.6 Å². The van der Waals surface area contributed by atoms with Gasteiger partial charge in [0.1, 0.15) is 0 Å². The molecular formula is C26H28N2S2. The molecule has 0 bridgehead atoms. The Morgan fingerprint density at radius 1 is 0.500 bits per heavy atom. The second kappa shape index (κ2) is 11.4. The maximum absolute atomic E-state index is 3.55. The SMILES string of the molecule is c1ccc2cc(CNCCSSCCNCc3ccc4ccccc4c3)ccc2c1. The summed E-state index contributed by atoms with van der Waals surface area (Å²) in [6.07, 6.45) is 0. The average Bonchev–Trinajstić information content (AvgIpc) is 2.80. The first-order valence-electron chi connectivity index (χ1n) is 10.5. The smallest absolute Gasteiger partial charge is 0.0206 e. The van der Waals surface area contributed by atoms with E-state index in [0.717, 1.165) is 37.7 Å². The van der Waals surface area contributed by atoms with E-state index in [9.17, 15) is 0 Å². The number of rotatable bonds is 11. The highest BCUT2D eigenvalue weighted by Gasteiger charge is 1.98. The molecule has 4 aromatic rings. The Labute approximate surface area is 187 Å². The van der Waals surface area contributed by atoms with Gasteiger partial charge >= 0.3 is 0 Å². The van der Waals surface area contributed by atoms with Crippen LogP contribution in [0.4, 0.5) is 0 Å². The van der Waals surface area contributed by atoms with Crippen LogP contribution in [-0.2, 0) is 13.1 Å². The minimum absolute atomic E-state index is 0.934. The van der Waals surface area contributed by atoms with Crippen molar-refractivity contribution in [2.75, 3.05) is 24.6 Å². The largest absolute Gasteiger partial charge is 0.312 e. The van der Waals surface area contributed by atoms with Gasteiger partial charge in [-0.25, -0.2) is 0 Å². The Hall–Kier alpha value is -1.98. The van der Waals surface area contributed by atoms with Gasteiger partial charge in [-0.1, -0.05) is 94.4 Å². The van der Waals surface area contributed by atoms with E-state index in [1.807, 2.05) is 21.6 Å². The third kappa shape index (κ3) is 6.26. The fourth-order valence-corrected chi connectivity index (χ4v) is 5.41. The Bertz CT molecular complexity index is 993. The summed E-state index contributed by atoms with van der Waals surface area (Å²) in [7, 11) is 3.91. The van der Waals surface area contributed by atoms with Crippen molar-refractivity contribution >= 4 is 43.1 Å². The summed E-state index contributed by atoms with van der Waals surface area (Å²) < 4.78 is 0. The van der Waals surface area contributed by atoms with Crippen LogP contribution in [0.25, 0.3) is 21.5 Å². The summed E-state index contributed by atoms with van der Waals surface area (Å²) in [5, 5.41) is 12.4. The van der Waals surface area contributed by atoms with Crippen molar-refractivity contribution in [3.05, 3.63) is 96.1 Å². The van der Waals surface area contributed by atoms with Crippen molar-refractivity contribution in [3.8, 4) is 0 Å². The summed E-state index contributed by atoms with van der Waals surface area (Å²) in [4.78, 5) is 0. The Kier molecular flexibility index (Phi) is 8.09. The van der Waals surface area contributed by atoms with Gasteiger partial charge < -0.3 is 10.6 Å². The van der Waals surface area contributed by atoms with E-state index >= 15 is 0 Å². The number of hydrogen-bond donors (Lipinski definition) is 2. The average molecular weight is 433 g/mol. The van der Waals surface area contributed by atoms with E-state index in [1.54, 1.807) is 0 Å². The molecule has 0 fully saturated rings. The normalized spacial score (nSPS) is 11.3. The van der Waals surface area contributed by atoms with Crippen LogP contribution >= 0.6 is 21.6 Å². The van der Waals surface area contributed by atoms with Crippen molar-refractivity contribution in [1.82, 2.24) is 10.6 Å². The fourth-order valence-electron chi connectivity index (χ4n) is 3.51. The van der Waals surface area contributed by atoms with E-state index in [2.05, 4.69) is 95.6 Å². The standard InChI is InChI=1S/C26H28N2S2/c1-3-7-25-17-21(9-11-23(25)5-1)19-27-13-15-29-30-16-14-28-20-22-10-12-24-6-2-4-8-26(24)18-22/h1-12,17-18,27-28H,13-16,19-20H2. The zero-order valence-corrected chi connectivity index (χ0v) is 18.8. The Morgan fingerprint density at radius 3 is 1.40 bits per heavy atom. The lowest BCUT2D eigenvalue weighted by atomic mass is 10.1. The highest BCUT2D eigenvalue weighted by molar-refractivity contribution is 8.76. The molecule has 0 aliphatic carbocycles. The first-order valence-corrected chi connectivity index (χ1v) is 13.0. The van der Waals surface area contributed by atoms with Gasteiger partial charge in [-0.05, 0) is 44.8 Å². The highest BCUT2D eigenvalue weighted by atomic mass is 33.1. The van der Waals surface area contributed by atoms with Crippen molar-refractivity contribution in [2.24, 2.45) is 0 Å². The van der Waals surface area contributed by atoms with Gasteiger partial charge in [-0.15, -0.1) is 0 Å². The molecule has 0 unspecified atom stereocenters. The van der Waals surface area contributed by atoms with Crippen LogP contribution in [0.2, 0.25) is 0 Å². The molecule has 4 aromatic carbocycles. The topological polar surface area (TPSA) is 24.1 Å². The lowest BCUT2D eigenvalue weighted by Gasteiger charge is -2.07. The van der Waals surface area contributed by atoms with Crippen LogP contribution in [0.1, 0.15) is 11.1 Å². The minimum atomic E-state index is 0.934. The van der Waals surface area contributed by atoms with Gasteiger partial charge in [0.15, 0.2) is 0 Å². The van der Waals surface area contributed by atoms with Gasteiger partial charge in [0.2, 0.25) is 0 Å². The molecule has 154 valence electrons. The summed E-state index contributed by atoms with van der Waals surface area (Å²) in [6.45, 7) is 3.94. The minimum Gasteiger partial charge on any atom is -0.312 e. The van der Waals surface area contributed by atoms with Crippen molar-refractivity contribution in [1.29, 1.82) is 0 Å². The molecule has 2 nitrogen and oxygen atoms in total. The summed E-state index contributed by atoms with van der Waals surface area (Å²) in [5.41, 5.74) is 2.70. The lowest BCUT2D eigenvalue weighted by molar-refractivity contribution is 0.732. The van der Waals surface area contributed by atoms with Crippen LogP contribution in [0.15, 0.2) is 84.9 Å². The van der Waals surface area contributed by atoms with Gasteiger partial charge in [0.05, 0.1) is 0 Å². The Balaban J connectivity index is 1.05. The monoisotopic (exact) mass is 432 g/mol. The predicted octanol–water partition coefficient (Wildman–Crippen LogP) is 6.25. The molecule has 0 heterocycles. The first-order chi connectivity index (χ1) is 14.9. The predicted molar refractivity (Wildman–Crippen MR) is 136 cm³/mol. The molecule has 4 rings (SSSR count). The third-order valence-electron chi connectivity index (χ3n) is 5.09. The van der Waals surface area contributed by atoms with E-state index in [1.165, 1.54) is 32.7 Å². The van der Waals surface area contributed by atoms with Crippen molar-refractivity contribution in [3.63, 3.8) is 0 Å². The second-order valence-corrected chi connectivity index (χ2v) is 10.1. The molecule has 30 heavy (non-hydrogen) atoms. The summed E-state index contributed by atoms with van der Waals surface area (Å²) >= 11 is 0. The Morgan fingerprint density at radius 2 is 0.933 bits per heavy atom. The van der Waals surface area contributed by atoms with Crippen LogP contribution in [0.5, 0.6) is 0 Å². The zero-order valence-electron chi connectivity index (χ0n) is 17.1. The molecule has 4 heteroatoms. The van der Waals surface area contributed by atoms with Crippen LogP contribution in [0, 0.1) is 0 Å². The van der Waals surface area contributed by atoms with Crippen molar-refractivity contribution < 1.29 is 0 Å². The number of fused-ring (bicyclic) bond motifs is 2. The summed E-state index contributed by atoms with van der Waals surface area (Å²) in [5.74, 6) is 2.26. The molecular weight excluding hydrogens is 404 g/mol. The van der Waals surface area contributed by atoms with Crippen LogP contribution in [-0.4, -0.2) is 24.6 Å². The number of benzene rings is 4. The molecule has 0 saturated heterocycles. The van der Waals surface area contributed by atoms with E-state index < -0.39 is 0 Å². The lowest BCUT2D eigenvalue weighted by Crippen LogP contribution is -2.17. The molecule has 0 spiro atoms. The zero-order chi connectivity index (χ0) is 20.4. The number of nitrogens with one attached hydrogen (secondary N) is 2. The quantitative estimate of drug-likeness (QED) is 0.216. The van der Waals surface area contributed by atoms with Gasteiger partial charge in [0.25, 0.3) is 0 Å².